The number of carbonyl (C=O) groups excluding carboxylic acids is 1. The number of nitrogens with zero attached hydrogens (tertiary/aromatic N) is 2. The van der Waals surface area contributed by atoms with Crippen LogP contribution in [0.4, 0.5) is 0 Å². The minimum Gasteiger partial charge on any atom is -0.365 e. The van der Waals surface area contributed by atoms with E-state index in [1.165, 1.54) is 25.7 Å². The Kier molecular flexibility index (Phi) is 5.27. The molecule has 1 aliphatic heterocycles. The second-order valence-corrected chi connectivity index (χ2v) is 7.64. The summed E-state index contributed by atoms with van der Waals surface area (Å²) in [5.74, 6) is -0.0702. The summed E-state index contributed by atoms with van der Waals surface area (Å²) in [6, 6.07) is 7.97. The Hall–Kier alpha value is -1.85. The third-order valence-corrected chi connectivity index (χ3v) is 5.63. The lowest BCUT2D eigenvalue weighted by molar-refractivity contribution is 0.00256. The van der Waals surface area contributed by atoms with Crippen LogP contribution < -0.4 is 5.32 Å². The normalized spacial score (nSPS) is 21.0. The number of halogens is 1. The van der Waals surface area contributed by atoms with Crippen LogP contribution >= 0.6 is 11.6 Å². The molecule has 2 heterocycles. The van der Waals surface area contributed by atoms with Gasteiger partial charge in [0.15, 0.2) is 5.69 Å². The summed E-state index contributed by atoms with van der Waals surface area (Å²) < 4.78 is 8.04. The average Bonchev–Trinajstić information content (AvgIpc) is 2.91. The predicted octanol–water partition coefficient (Wildman–Crippen LogP) is 4.26. The number of ether oxygens (including phenoxy) is 1. The fourth-order valence-corrected chi connectivity index (χ4v) is 4.00. The molecule has 1 aliphatic carbocycles. The fourth-order valence-electron chi connectivity index (χ4n) is 3.87. The van der Waals surface area contributed by atoms with E-state index in [0.717, 1.165) is 24.1 Å². The molecular weight excluding hydrogens is 350 g/mol. The zero-order chi connectivity index (χ0) is 17.9. The van der Waals surface area contributed by atoms with Crippen molar-refractivity contribution in [3.63, 3.8) is 0 Å². The lowest BCUT2D eigenvalue weighted by Crippen LogP contribution is -2.35. The van der Waals surface area contributed by atoms with Crippen molar-refractivity contribution in [1.29, 1.82) is 0 Å². The highest BCUT2D eigenvalue weighted by Crippen LogP contribution is 2.28. The molecular formula is C20H24ClN3O2. The predicted molar refractivity (Wildman–Crippen MR) is 100 cm³/mol. The van der Waals surface area contributed by atoms with Gasteiger partial charge >= 0.3 is 0 Å². The molecule has 0 saturated heterocycles. The maximum absolute atomic E-state index is 12.7. The second-order valence-electron chi connectivity index (χ2n) is 7.21. The van der Waals surface area contributed by atoms with Gasteiger partial charge in [-0.3, -0.25) is 4.79 Å². The van der Waals surface area contributed by atoms with Crippen LogP contribution in [-0.2, 0) is 17.9 Å². The molecule has 6 heteroatoms. The molecule has 4 rings (SSSR count). The van der Waals surface area contributed by atoms with Gasteiger partial charge in [0.25, 0.3) is 5.91 Å². The Morgan fingerprint density at radius 1 is 1.15 bits per heavy atom. The number of fused-ring (bicyclic) bond motifs is 1. The highest BCUT2D eigenvalue weighted by molar-refractivity contribution is 6.30. The van der Waals surface area contributed by atoms with Gasteiger partial charge in [-0.15, -0.1) is 0 Å². The summed E-state index contributed by atoms with van der Waals surface area (Å²) in [6.45, 7) is 1.04. The van der Waals surface area contributed by atoms with Gasteiger partial charge in [0.05, 0.1) is 25.2 Å². The molecule has 2 aromatic rings. The van der Waals surface area contributed by atoms with Gasteiger partial charge in [-0.05, 0) is 30.5 Å². The Balaban J connectivity index is 1.45. The number of benzene rings is 1. The first-order valence-electron chi connectivity index (χ1n) is 9.42. The van der Waals surface area contributed by atoms with Gasteiger partial charge in [-0.1, -0.05) is 49.4 Å². The second kappa shape index (κ2) is 7.80. The molecule has 26 heavy (non-hydrogen) atoms. The average molecular weight is 374 g/mol. The van der Waals surface area contributed by atoms with Crippen LogP contribution in [-0.4, -0.2) is 21.5 Å². The molecule has 1 fully saturated rings. The molecule has 1 aromatic carbocycles. The smallest absolute Gasteiger partial charge is 0.272 e. The molecule has 1 unspecified atom stereocenters. The van der Waals surface area contributed by atoms with Gasteiger partial charge in [0.2, 0.25) is 0 Å². The van der Waals surface area contributed by atoms with E-state index in [-0.39, 0.29) is 18.1 Å². The molecule has 138 valence electrons. The highest BCUT2D eigenvalue weighted by atomic mass is 35.5. The molecule has 1 saturated carbocycles. The lowest BCUT2D eigenvalue weighted by atomic mass is 10.1. The lowest BCUT2D eigenvalue weighted by Gasteiger charge is -2.26. The molecule has 1 N–H and O–H groups in total. The molecule has 1 aromatic heterocycles. The Morgan fingerprint density at radius 2 is 1.88 bits per heavy atom. The van der Waals surface area contributed by atoms with Crippen LogP contribution in [0.25, 0.3) is 0 Å². The topological polar surface area (TPSA) is 56.2 Å². The molecule has 2 aliphatic rings. The van der Waals surface area contributed by atoms with Crippen molar-refractivity contribution in [2.24, 2.45) is 0 Å². The quantitative estimate of drug-likeness (QED) is 0.818. The maximum atomic E-state index is 12.7. The van der Waals surface area contributed by atoms with Crippen molar-refractivity contribution in [2.45, 2.75) is 63.8 Å². The standard InChI is InChI=1S/C20H24ClN3O2/c21-15-9-7-14(8-10-15)18-11-24-13-22-19(17(24)12-26-18)20(25)23-16-5-3-1-2-4-6-16/h7-10,13,16,18H,1-6,11-12H2,(H,23,25). The van der Waals surface area contributed by atoms with E-state index in [2.05, 4.69) is 10.3 Å². The number of aromatic nitrogens is 2. The number of imidazole rings is 1. The van der Waals surface area contributed by atoms with Gasteiger partial charge in [0.1, 0.15) is 6.10 Å². The van der Waals surface area contributed by atoms with E-state index in [0.29, 0.717) is 23.9 Å². The number of carbonyl (C=O) groups is 1. The molecule has 0 bridgehead atoms. The van der Waals surface area contributed by atoms with Crippen LogP contribution in [0.15, 0.2) is 30.6 Å². The molecule has 1 amide bonds. The minimum atomic E-state index is -0.0702. The SMILES string of the molecule is O=C(NC1CCCCCC1)c1ncn2c1COC(c1ccc(Cl)cc1)C2. The third-order valence-electron chi connectivity index (χ3n) is 5.38. The van der Waals surface area contributed by atoms with Crippen LogP contribution in [0.2, 0.25) is 5.02 Å². The highest BCUT2D eigenvalue weighted by Gasteiger charge is 2.27. The number of nitrogens with one attached hydrogen (secondary N) is 1. The first-order valence-corrected chi connectivity index (χ1v) is 9.80. The zero-order valence-electron chi connectivity index (χ0n) is 14.8. The number of hydrogen-bond donors (Lipinski definition) is 1. The summed E-state index contributed by atoms with van der Waals surface area (Å²) in [5.41, 5.74) is 2.45. The molecule has 5 nitrogen and oxygen atoms in total. The Labute approximate surface area is 158 Å². The van der Waals surface area contributed by atoms with E-state index >= 15 is 0 Å². The van der Waals surface area contributed by atoms with Crippen molar-refractivity contribution < 1.29 is 9.53 Å². The summed E-state index contributed by atoms with van der Waals surface area (Å²) in [4.78, 5) is 17.1. The fraction of sp³-hybridized carbons (Fsp3) is 0.500. The van der Waals surface area contributed by atoms with Crippen molar-refractivity contribution in [3.05, 3.63) is 52.6 Å². The van der Waals surface area contributed by atoms with Crippen molar-refractivity contribution in [1.82, 2.24) is 14.9 Å². The van der Waals surface area contributed by atoms with Crippen molar-refractivity contribution >= 4 is 17.5 Å². The van der Waals surface area contributed by atoms with Crippen LogP contribution in [0, 0.1) is 0 Å². The van der Waals surface area contributed by atoms with E-state index in [1.54, 1.807) is 6.33 Å². The first-order chi connectivity index (χ1) is 12.7. The molecule has 0 spiro atoms. The van der Waals surface area contributed by atoms with Gasteiger partial charge in [-0.25, -0.2) is 4.98 Å². The first kappa shape index (κ1) is 17.6. The monoisotopic (exact) mass is 373 g/mol. The van der Waals surface area contributed by atoms with Crippen molar-refractivity contribution in [3.8, 4) is 0 Å². The van der Waals surface area contributed by atoms with E-state index in [1.807, 2.05) is 28.8 Å². The zero-order valence-corrected chi connectivity index (χ0v) is 15.5. The van der Waals surface area contributed by atoms with Crippen molar-refractivity contribution in [2.75, 3.05) is 0 Å². The summed E-state index contributed by atoms with van der Waals surface area (Å²) >= 11 is 5.96. The number of rotatable bonds is 3. The van der Waals surface area contributed by atoms with E-state index in [9.17, 15) is 4.79 Å². The van der Waals surface area contributed by atoms with E-state index < -0.39 is 0 Å². The Bertz CT molecular complexity index is 764. The van der Waals surface area contributed by atoms with Gasteiger partial charge in [-0.2, -0.15) is 0 Å². The number of amides is 1. The third kappa shape index (κ3) is 3.79. The number of hydrogen-bond acceptors (Lipinski definition) is 3. The largest absolute Gasteiger partial charge is 0.365 e. The molecule has 1 atom stereocenters. The van der Waals surface area contributed by atoms with Gasteiger partial charge in [0, 0.05) is 11.1 Å². The maximum Gasteiger partial charge on any atom is 0.272 e. The van der Waals surface area contributed by atoms with E-state index in [4.69, 9.17) is 16.3 Å². The van der Waals surface area contributed by atoms with Crippen LogP contribution in [0.1, 0.15) is 66.4 Å². The Morgan fingerprint density at radius 3 is 2.62 bits per heavy atom. The summed E-state index contributed by atoms with van der Waals surface area (Å²) in [5, 5.41) is 3.89. The molecule has 0 radical (unpaired) electrons. The van der Waals surface area contributed by atoms with Crippen LogP contribution in [0.3, 0.4) is 0 Å². The summed E-state index contributed by atoms with van der Waals surface area (Å²) in [7, 11) is 0. The van der Waals surface area contributed by atoms with Crippen LogP contribution in [0.5, 0.6) is 0 Å². The minimum absolute atomic E-state index is 0.0493. The van der Waals surface area contributed by atoms with Gasteiger partial charge < -0.3 is 14.6 Å². The summed E-state index contributed by atoms with van der Waals surface area (Å²) in [6.07, 6.45) is 8.76.